The van der Waals surface area contributed by atoms with Crippen molar-refractivity contribution >= 4 is 11.3 Å². The molecule has 0 spiro atoms. The summed E-state index contributed by atoms with van der Waals surface area (Å²) in [7, 11) is 1.96. The summed E-state index contributed by atoms with van der Waals surface area (Å²) in [5.74, 6) is 0. The minimum atomic E-state index is -0.0532. The summed E-state index contributed by atoms with van der Waals surface area (Å²) in [5, 5.41) is 2.07. The SMILES string of the molecule is Cc1ccsc1C(N)c1cncn1C. The number of aromatic nitrogens is 2. The van der Waals surface area contributed by atoms with Gasteiger partial charge in [0.2, 0.25) is 0 Å². The molecule has 0 aromatic carbocycles. The van der Waals surface area contributed by atoms with E-state index in [1.807, 2.05) is 17.8 Å². The Morgan fingerprint density at radius 1 is 1.57 bits per heavy atom. The second-order valence-corrected chi connectivity index (χ2v) is 4.32. The summed E-state index contributed by atoms with van der Waals surface area (Å²) >= 11 is 1.70. The van der Waals surface area contributed by atoms with E-state index >= 15 is 0 Å². The van der Waals surface area contributed by atoms with Gasteiger partial charge in [-0.05, 0) is 23.9 Å². The normalized spacial score (nSPS) is 13.1. The number of aryl methyl sites for hydroxylation is 2. The summed E-state index contributed by atoms with van der Waals surface area (Å²) in [5.41, 5.74) is 8.46. The van der Waals surface area contributed by atoms with E-state index in [4.69, 9.17) is 5.73 Å². The van der Waals surface area contributed by atoms with Crippen molar-refractivity contribution in [3.05, 3.63) is 40.1 Å². The first kappa shape index (κ1) is 9.43. The van der Waals surface area contributed by atoms with Gasteiger partial charge in [0.1, 0.15) is 0 Å². The van der Waals surface area contributed by atoms with E-state index in [9.17, 15) is 0 Å². The van der Waals surface area contributed by atoms with Crippen LogP contribution in [0.25, 0.3) is 0 Å². The number of hydrogen-bond donors (Lipinski definition) is 1. The zero-order valence-electron chi connectivity index (χ0n) is 8.27. The molecule has 0 aliphatic carbocycles. The monoisotopic (exact) mass is 207 g/mol. The molecule has 0 amide bonds. The predicted octanol–water partition coefficient (Wildman–Crippen LogP) is 1.84. The lowest BCUT2D eigenvalue weighted by Gasteiger charge is -2.11. The summed E-state index contributed by atoms with van der Waals surface area (Å²) in [6, 6.07) is 2.04. The Bertz CT molecular complexity index is 390. The van der Waals surface area contributed by atoms with Gasteiger partial charge in [0.15, 0.2) is 0 Å². The first-order chi connectivity index (χ1) is 6.70. The van der Waals surface area contributed by atoms with Crippen LogP contribution in [0.15, 0.2) is 24.0 Å². The highest BCUT2D eigenvalue weighted by Gasteiger charge is 2.15. The fraction of sp³-hybridized carbons (Fsp3) is 0.300. The van der Waals surface area contributed by atoms with Crippen molar-refractivity contribution in [1.82, 2.24) is 9.55 Å². The lowest BCUT2D eigenvalue weighted by atomic mass is 10.1. The summed E-state index contributed by atoms with van der Waals surface area (Å²) in [4.78, 5) is 5.29. The Morgan fingerprint density at radius 3 is 2.86 bits per heavy atom. The Balaban J connectivity index is 2.38. The third kappa shape index (κ3) is 1.47. The van der Waals surface area contributed by atoms with Crippen LogP contribution in [0.1, 0.15) is 22.2 Å². The summed E-state index contributed by atoms with van der Waals surface area (Å²) < 4.78 is 1.96. The van der Waals surface area contributed by atoms with E-state index in [0.717, 1.165) is 5.69 Å². The van der Waals surface area contributed by atoms with Crippen LogP contribution in [-0.4, -0.2) is 9.55 Å². The second kappa shape index (κ2) is 3.55. The minimum Gasteiger partial charge on any atom is -0.336 e. The van der Waals surface area contributed by atoms with Crippen molar-refractivity contribution in [2.24, 2.45) is 12.8 Å². The fourth-order valence-corrected chi connectivity index (χ4v) is 2.44. The number of rotatable bonds is 2. The van der Waals surface area contributed by atoms with Crippen LogP contribution in [0.3, 0.4) is 0 Å². The zero-order valence-corrected chi connectivity index (χ0v) is 9.08. The molecule has 2 N–H and O–H groups in total. The first-order valence-electron chi connectivity index (χ1n) is 4.46. The maximum absolute atomic E-state index is 6.16. The lowest BCUT2D eigenvalue weighted by molar-refractivity contribution is 0.752. The average Bonchev–Trinajstić information content (AvgIpc) is 2.73. The molecule has 1 unspecified atom stereocenters. The highest BCUT2D eigenvalue weighted by atomic mass is 32.1. The molecule has 0 saturated carbocycles. The van der Waals surface area contributed by atoms with Crippen molar-refractivity contribution < 1.29 is 0 Å². The maximum atomic E-state index is 6.16. The van der Waals surface area contributed by atoms with Gasteiger partial charge in [-0.2, -0.15) is 0 Å². The Kier molecular flexibility index (Phi) is 2.39. The van der Waals surface area contributed by atoms with Gasteiger partial charge in [-0.3, -0.25) is 0 Å². The molecule has 2 aromatic rings. The van der Waals surface area contributed by atoms with Gasteiger partial charge >= 0.3 is 0 Å². The highest BCUT2D eigenvalue weighted by Crippen LogP contribution is 2.26. The van der Waals surface area contributed by atoms with Crippen molar-refractivity contribution in [3.8, 4) is 0 Å². The van der Waals surface area contributed by atoms with Crippen LogP contribution in [0.4, 0.5) is 0 Å². The molecule has 0 fully saturated rings. The van der Waals surface area contributed by atoms with Gasteiger partial charge in [-0.25, -0.2) is 4.98 Å². The predicted molar refractivity (Wildman–Crippen MR) is 58.3 cm³/mol. The van der Waals surface area contributed by atoms with Crippen LogP contribution in [0.5, 0.6) is 0 Å². The minimum absolute atomic E-state index is 0.0532. The zero-order chi connectivity index (χ0) is 10.1. The number of nitrogens with two attached hydrogens (primary N) is 1. The van der Waals surface area contributed by atoms with E-state index in [2.05, 4.69) is 23.4 Å². The van der Waals surface area contributed by atoms with E-state index in [1.165, 1.54) is 10.4 Å². The van der Waals surface area contributed by atoms with Crippen LogP contribution in [0, 0.1) is 6.92 Å². The molecule has 1 atom stereocenters. The molecule has 74 valence electrons. The van der Waals surface area contributed by atoms with Crippen molar-refractivity contribution in [3.63, 3.8) is 0 Å². The second-order valence-electron chi connectivity index (χ2n) is 3.37. The summed E-state index contributed by atoms with van der Waals surface area (Å²) in [6.07, 6.45) is 3.60. The molecule has 3 nitrogen and oxygen atoms in total. The topological polar surface area (TPSA) is 43.8 Å². The van der Waals surface area contributed by atoms with Gasteiger partial charge in [-0.15, -0.1) is 11.3 Å². The van der Waals surface area contributed by atoms with E-state index in [1.54, 1.807) is 17.7 Å². The average molecular weight is 207 g/mol. The van der Waals surface area contributed by atoms with E-state index < -0.39 is 0 Å². The molecule has 0 saturated heterocycles. The van der Waals surface area contributed by atoms with E-state index in [-0.39, 0.29) is 6.04 Å². The smallest absolute Gasteiger partial charge is 0.0946 e. The van der Waals surface area contributed by atoms with Gasteiger partial charge in [0.25, 0.3) is 0 Å². The van der Waals surface area contributed by atoms with Crippen LogP contribution >= 0.6 is 11.3 Å². The number of nitrogens with zero attached hydrogens (tertiary/aromatic N) is 2. The number of thiophene rings is 1. The van der Waals surface area contributed by atoms with Crippen LogP contribution in [0.2, 0.25) is 0 Å². The van der Waals surface area contributed by atoms with Crippen LogP contribution in [-0.2, 0) is 7.05 Å². The molecule has 14 heavy (non-hydrogen) atoms. The van der Waals surface area contributed by atoms with Crippen molar-refractivity contribution in [1.29, 1.82) is 0 Å². The molecule has 2 aromatic heterocycles. The Labute approximate surface area is 87.2 Å². The van der Waals surface area contributed by atoms with Crippen LogP contribution < -0.4 is 5.73 Å². The molecule has 0 bridgehead atoms. The quantitative estimate of drug-likeness (QED) is 0.816. The van der Waals surface area contributed by atoms with Crippen molar-refractivity contribution in [2.45, 2.75) is 13.0 Å². The number of hydrogen-bond acceptors (Lipinski definition) is 3. The summed E-state index contributed by atoms with van der Waals surface area (Å²) in [6.45, 7) is 2.09. The molecule has 4 heteroatoms. The standard InChI is InChI=1S/C10H13N3S/c1-7-3-4-14-10(7)9(11)8-5-12-6-13(8)2/h3-6,9H,11H2,1-2H3. The van der Waals surface area contributed by atoms with Gasteiger partial charge in [-0.1, -0.05) is 0 Å². The number of imidazole rings is 1. The first-order valence-corrected chi connectivity index (χ1v) is 5.34. The van der Waals surface area contributed by atoms with Gasteiger partial charge in [0, 0.05) is 11.9 Å². The fourth-order valence-electron chi connectivity index (χ4n) is 1.50. The molecular formula is C10H13N3S. The molecule has 2 heterocycles. The Hall–Kier alpha value is -1.13. The lowest BCUT2D eigenvalue weighted by Crippen LogP contribution is -2.14. The highest BCUT2D eigenvalue weighted by molar-refractivity contribution is 7.10. The molecule has 0 aliphatic heterocycles. The third-order valence-electron chi connectivity index (χ3n) is 2.36. The molecular weight excluding hydrogens is 194 g/mol. The van der Waals surface area contributed by atoms with Crippen molar-refractivity contribution in [2.75, 3.05) is 0 Å². The van der Waals surface area contributed by atoms with Gasteiger partial charge in [0.05, 0.1) is 24.3 Å². The molecule has 0 radical (unpaired) electrons. The largest absolute Gasteiger partial charge is 0.336 e. The van der Waals surface area contributed by atoms with E-state index in [0.29, 0.717) is 0 Å². The third-order valence-corrected chi connectivity index (χ3v) is 3.46. The maximum Gasteiger partial charge on any atom is 0.0946 e. The Morgan fingerprint density at radius 2 is 2.36 bits per heavy atom. The molecule has 2 rings (SSSR count). The van der Waals surface area contributed by atoms with Gasteiger partial charge < -0.3 is 10.3 Å². The molecule has 0 aliphatic rings.